The molecule has 0 spiro atoms. The molecule has 0 unspecified atom stereocenters. The first-order valence-corrected chi connectivity index (χ1v) is 3.60. The first-order chi connectivity index (χ1) is 4.45. The van der Waals surface area contributed by atoms with E-state index in [0.29, 0.717) is 11.8 Å². The van der Waals surface area contributed by atoms with Crippen molar-refractivity contribution < 1.29 is 9.47 Å². The highest BCUT2D eigenvalue weighted by Gasteiger charge is 2.26. The molecule has 0 saturated carbocycles. The van der Waals surface area contributed by atoms with Crippen LogP contribution in [-0.2, 0) is 9.47 Å². The number of rotatable bonds is 0. The average Bonchev–Trinajstić information content (AvgIpc) is 1.88. The Morgan fingerprint density at radius 2 is 1.22 bits per heavy atom. The highest BCUT2D eigenvalue weighted by Crippen LogP contribution is 2.24. The zero-order valence-corrected chi connectivity index (χ0v) is 5.51. The lowest BCUT2D eigenvalue weighted by Crippen LogP contribution is -2.36. The van der Waals surface area contributed by atoms with Crippen LogP contribution in [0.15, 0.2) is 0 Å². The zero-order chi connectivity index (χ0) is 6.10. The third kappa shape index (κ3) is 1.10. The Bertz CT molecular complexity index is 83.1. The minimum absolute atomic E-state index is 0.706. The summed E-state index contributed by atoms with van der Waals surface area (Å²) in [6, 6.07) is 0. The lowest BCUT2D eigenvalue weighted by molar-refractivity contribution is -0.0892. The number of hydrogen-bond donors (Lipinski definition) is 0. The van der Waals surface area contributed by atoms with E-state index < -0.39 is 0 Å². The molecule has 2 heterocycles. The van der Waals surface area contributed by atoms with Gasteiger partial charge in [0.25, 0.3) is 0 Å². The maximum atomic E-state index is 5.36. The van der Waals surface area contributed by atoms with Gasteiger partial charge < -0.3 is 9.47 Å². The van der Waals surface area contributed by atoms with Gasteiger partial charge >= 0.3 is 0 Å². The van der Waals surface area contributed by atoms with E-state index in [2.05, 4.69) is 0 Å². The first kappa shape index (κ1) is 5.69. The molecule has 2 bridgehead atoms. The Kier molecular flexibility index (Phi) is 1.44. The fraction of sp³-hybridized carbons (Fsp3) is 1.00. The van der Waals surface area contributed by atoms with Crippen molar-refractivity contribution in [3.63, 3.8) is 0 Å². The van der Waals surface area contributed by atoms with Gasteiger partial charge in [-0.2, -0.15) is 0 Å². The van der Waals surface area contributed by atoms with Gasteiger partial charge in [0, 0.05) is 11.8 Å². The van der Waals surface area contributed by atoms with Crippen LogP contribution in [0.2, 0.25) is 0 Å². The van der Waals surface area contributed by atoms with Gasteiger partial charge in [-0.15, -0.1) is 0 Å². The van der Waals surface area contributed by atoms with Crippen molar-refractivity contribution in [3.8, 4) is 0 Å². The third-order valence-corrected chi connectivity index (χ3v) is 2.08. The quantitative estimate of drug-likeness (QED) is 0.477. The summed E-state index contributed by atoms with van der Waals surface area (Å²) < 4.78 is 10.7. The Hall–Kier alpha value is -0.0800. The molecular formula is C7H12O2. The molecule has 0 radical (unpaired) electrons. The van der Waals surface area contributed by atoms with Gasteiger partial charge in [-0.05, 0) is 6.42 Å². The fourth-order valence-corrected chi connectivity index (χ4v) is 1.64. The average molecular weight is 128 g/mol. The van der Waals surface area contributed by atoms with Crippen LogP contribution in [0.25, 0.3) is 0 Å². The molecule has 2 heteroatoms. The molecule has 9 heavy (non-hydrogen) atoms. The standard InChI is InChI=1S/C7H12O2/c1-6-2-8-4-7(1)5-9-3-6/h6-7H,1-5H2. The van der Waals surface area contributed by atoms with E-state index >= 15 is 0 Å². The van der Waals surface area contributed by atoms with E-state index in [4.69, 9.17) is 9.47 Å². The SMILES string of the molecule is C1OCC2COCC1C2. The molecule has 2 nitrogen and oxygen atoms in total. The van der Waals surface area contributed by atoms with Crippen molar-refractivity contribution in [1.82, 2.24) is 0 Å². The van der Waals surface area contributed by atoms with Crippen LogP contribution in [0.4, 0.5) is 0 Å². The molecule has 0 aromatic carbocycles. The number of fused-ring (bicyclic) bond motifs is 2. The predicted octanol–water partition coefficient (Wildman–Crippen LogP) is 0.669. The monoisotopic (exact) mass is 128 g/mol. The van der Waals surface area contributed by atoms with Crippen LogP contribution in [0.3, 0.4) is 0 Å². The summed E-state index contributed by atoms with van der Waals surface area (Å²) in [7, 11) is 0. The van der Waals surface area contributed by atoms with Crippen LogP contribution >= 0.6 is 0 Å². The molecule has 0 atom stereocenters. The minimum atomic E-state index is 0.706. The molecule has 0 aromatic heterocycles. The van der Waals surface area contributed by atoms with Crippen molar-refractivity contribution in [3.05, 3.63) is 0 Å². The van der Waals surface area contributed by atoms with Gasteiger partial charge in [0.1, 0.15) is 0 Å². The lowest BCUT2D eigenvalue weighted by atomic mass is 9.92. The van der Waals surface area contributed by atoms with Crippen molar-refractivity contribution in [1.29, 1.82) is 0 Å². The maximum absolute atomic E-state index is 5.36. The molecule has 52 valence electrons. The molecule has 0 aromatic rings. The Morgan fingerprint density at radius 3 is 1.56 bits per heavy atom. The Balaban J connectivity index is 1.96. The Labute approximate surface area is 55.1 Å². The van der Waals surface area contributed by atoms with Crippen LogP contribution in [0, 0.1) is 11.8 Å². The van der Waals surface area contributed by atoms with Crippen LogP contribution in [-0.4, -0.2) is 26.4 Å². The number of ether oxygens (including phenoxy) is 2. The topological polar surface area (TPSA) is 18.5 Å². The second kappa shape index (κ2) is 2.27. The Morgan fingerprint density at radius 1 is 0.778 bits per heavy atom. The van der Waals surface area contributed by atoms with Gasteiger partial charge in [-0.25, -0.2) is 0 Å². The van der Waals surface area contributed by atoms with E-state index in [1.807, 2.05) is 0 Å². The maximum Gasteiger partial charge on any atom is 0.0516 e. The van der Waals surface area contributed by atoms with Gasteiger partial charge in [0.15, 0.2) is 0 Å². The van der Waals surface area contributed by atoms with Gasteiger partial charge in [0.05, 0.1) is 26.4 Å². The van der Waals surface area contributed by atoms with Crippen molar-refractivity contribution in [2.75, 3.05) is 26.4 Å². The van der Waals surface area contributed by atoms with Crippen molar-refractivity contribution in [2.24, 2.45) is 11.8 Å². The normalized spacial score (nSPS) is 42.7. The molecule has 0 amide bonds. The summed E-state index contributed by atoms with van der Waals surface area (Å²) in [4.78, 5) is 0. The van der Waals surface area contributed by atoms with E-state index in [0.717, 1.165) is 26.4 Å². The van der Waals surface area contributed by atoms with Gasteiger partial charge in [-0.1, -0.05) is 0 Å². The second-order valence-electron chi connectivity index (χ2n) is 3.04. The second-order valence-corrected chi connectivity index (χ2v) is 3.04. The van der Waals surface area contributed by atoms with Crippen LogP contribution < -0.4 is 0 Å². The van der Waals surface area contributed by atoms with Crippen molar-refractivity contribution in [2.45, 2.75) is 6.42 Å². The summed E-state index contributed by atoms with van der Waals surface area (Å²) >= 11 is 0. The van der Waals surface area contributed by atoms with E-state index in [9.17, 15) is 0 Å². The van der Waals surface area contributed by atoms with Gasteiger partial charge in [-0.3, -0.25) is 0 Å². The first-order valence-electron chi connectivity index (χ1n) is 3.60. The molecule has 2 rings (SSSR count). The summed E-state index contributed by atoms with van der Waals surface area (Å²) in [5.74, 6) is 1.41. The molecule has 0 N–H and O–H groups in total. The smallest absolute Gasteiger partial charge is 0.0516 e. The predicted molar refractivity (Wildman–Crippen MR) is 33.2 cm³/mol. The zero-order valence-electron chi connectivity index (χ0n) is 5.51. The van der Waals surface area contributed by atoms with E-state index in [1.165, 1.54) is 6.42 Å². The fourth-order valence-electron chi connectivity index (χ4n) is 1.64. The summed E-state index contributed by atoms with van der Waals surface area (Å²) in [6.07, 6.45) is 1.33. The lowest BCUT2D eigenvalue weighted by Gasteiger charge is -2.33. The largest absolute Gasteiger partial charge is 0.381 e. The molecule has 2 aliphatic rings. The highest BCUT2D eigenvalue weighted by atomic mass is 16.5. The third-order valence-electron chi connectivity index (χ3n) is 2.08. The highest BCUT2D eigenvalue weighted by molar-refractivity contribution is 4.74. The van der Waals surface area contributed by atoms with Gasteiger partial charge in [0.2, 0.25) is 0 Å². The van der Waals surface area contributed by atoms with Crippen LogP contribution in [0.1, 0.15) is 6.42 Å². The molecule has 2 saturated heterocycles. The van der Waals surface area contributed by atoms with E-state index in [-0.39, 0.29) is 0 Å². The minimum Gasteiger partial charge on any atom is -0.381 e. The number of hydrogen-bond acceptors (Lipinski definition) is 2. The molecule has 0 aliphatic carbocycles. The molecular weight excluding hydrogens is 116 g/mol. The molecule has 2 aliphatic heterocycles. The summed E-state index contributed by atoms with van der Waals surface area (Å²) in [5.41, 5.74) is 0. The van der Waals surface area contributed by atoms with Crippen LogP contribution in [0.5, 0.6) is 0 Å². The summed E-state index contributed by atoms with van der Waals surface area (Å²) in [6.45, 7) is 3.71. The summed E-state index contributed by atoms with van der Waals surface area (Å²) in [5, 5.41) is 0. The van der Waals surface area contributed by atoms with E-state index in [1.54, 1.807) is 0 Å². The van der Waals surface area contributed by atoms with Crippen molar-refractivity contribution >= 4 is 0 Å². The molecule has 2 fully saturated rings.